The van der Waals surface area contributed by atoms with Crippen LogP contribution in [0.2, 0.25) is 0 Å². The molecule has 0 spiro atoms. The van der Waals surface area contributed by atoms with Crippen LogP contribution >= 0.6 is 15.9 Å². The molecule has 0 radical (unpaired) electrons. The van der Waals surface area contributed by atoms with Crippen molar-refractivity contribution in [1.82, 2.24) is 4.90 Å². The van der Waals surface area contributed by atoms with E-state index in [-0.39, 0.29) is 6.04 Å². The maximum atomic E-state index is 11.5. The molecule has 3 heteroatoms. The monoisotopic (exact) mass is 553 g/mol. The Morgan fingerprint density at radius 2 is 1.25 bits per heavy atom. The fourth-order valence-electron chi connectivity index (χ4n) is 5.45. The van der Waals surface area contributed by atoms with Gasteiger partial charge in [-0.25, -0.2) is 0 Å². The van der Waals surface area contributed by atoms with E-state index in [2.05, 4.69) is 90.1 Å². The molecule has 0 saturated carbocycles. The highest BCUT2D eigenvalue weighted by molar-refractivity contribution is 9.10. The second-order valence-corrected chi connectivity index (χ2v) is 11.5. The fourth-order valence-corrected chi connectivity index (χ4v) is 6.04. The minimum Gasteiger partial charge on any atom is -0.387 e. The lowest BCUT2D eigenvalue weighted by Crippen LogP contribution is -2.39. The Balaban J connectivity index is 1.71. The Labute approximate surface area is 228 Å². The molecule has 0 saturated heterocycles. The van der Waals surface area contributed by atoms with Crippen LogP contribution in [0.5, 0.6) is 0 Å². The quantitative estimate of drug-likeness (QED) is 0.133. The fraction of sp³-hybridized carbons (Fsp3) is 0.576. The number of aliphatic hydroxyl groups is 1. The summed E-state index contributed by atoms with van der Waals surface area (Å²) in [6, 6.07) is 17.3. The van der Waals surface area contributed by atoms with E-state index in [9.17, 15) is 5.11 Å². The van der Waals surface area contributed by atoms with Crippen LogP contribution in [0.1, 0.15) is 109 Å². The maximum absolute atomic E-state index is 11.5. The highest BCUT2D eigenvalue weighted by Gasteiger charge is 2.23. The van der Waals surface area contributed by atoms with Gasteiger partial charge >= 0.3 is 0 Å². The molecule has 0 unspecified atom stereocenters. The lowest BCUT2D eigenvalue weighted by Gasteiger charge is -2.33. The first-order valence-corrected chi connectivity index (χ1v) is 15.4. The molecule has 0 amide bonds. The summed E-state index contributed by atoms with van der Waals surface area (Å²) in [5.41, 5.74) is 1.03. The molecule has 0 aromatic heterocycles. The van der Waals surface area contributed by atoms with E-state index in [0.29, 0.717) is 0 Å². The SMILES string of the molecule is CCCCCCCCN(CCCCCCCC)[C@@H](C)[C@H](O)c1ccc2cc(Br)c3ccccc3c2c1. The van der Waals surface area contributed by atoms with Crippen LogP contribution in [0.4, 0.5) is 0 Å². The van der Waals surface area contributed by atoms with Crippen molar-refractivity contribution in [2.45, 2.75) is 110 Å². The van der Waals surface area contributed by atoms with E-state index < -0.39 is 6.10 Å². The summed E-state index contributed by atoms with van der Waals surface area (Å²) in [5, 5.41) is 16.4. The highest BCUT2D eigenvalue weighted by Crippen LogP contribution is 2.34. The van der Waals surface area contributed by atoms with Crippen molar-refractivity contribution in [1.29, 1.82) is 0 Å². The summed E-state index contributed by atoms with van der Waals surface area (Å²) in [7, 11) is 0. The van der Waals surface area contributed by atoms with Crippen molar-refractivity contribution in [3.05, 3.63) is 58.6 Å². The molecule has 1 N–H and O–H groups in total. The van der Waals surface area contributed by atoms with E-state index in [0.717, 1.165) is 23.1 Å². The molecule has 0 bridgehead atoms. The first-order chi connectivity index (χ1) is 17.6. The average molecular weight is 555 g/mol. The normalized spacial score (nSPS) is 13.6. The summed E-state index contributed by atoms with van der Waals surface area (Å²) in [6.07, 6.45) is 15.2. The van der Waals surface area contributed by atoms with E-state index in [1.54, 1.807) is 0 Å². The minimum absolute atomic E-state index is 0.107. The van der Waals surface area contributed by atoms with Gasteiger partial charge in [0.15, 0.2) is 0 Å². The summed E-state index contributed by atoms with van der Waals surface area (Å²) in [6.45, 7) is 8.95. The number of fused-ring (bicyclic) bond motifs is 3. The first-order valence-electron chi connectivity index (χ1n) is 14.6. The number of hydrogen-bond donors (Lipinski definition) is 1. The molecule has 3 aromatic carbocycles. The van der Waals surface area contributed by atoms with Crippen LogP contribution < -0.4 is 0 Å². The molecule has 0 heterocycles. The van der Waals surface area contributed by atoms with Gasteiger partial charge < -0.3 is 5.11 Å². The van der Waals surface area contributed by atoms with Gasteiger partial charge in [0.1, 0.15) is 0 Å². The average Bonchev–Trinajstić information content (AvgIpc) is 2.90. The number of hydrogen-bond acceptors (Lipinski definition) is 2. The second-order valence-electron chi connectivity index (χ2n) is 10.6. The Morgan fingerprint density at radius 1 is 0.694 bits per heavy atom. The van der Waals surface area contributed by atoms with Gasteiger partial charge in [-0.15, -0.1) is 0 Å². The van der Waals surface area contributed by atoms with Crippen molar-refractivity contribution in [2.75, 3.05) is 13.1 Å². The zero-order valence-corrected chi connectivity index (χ0v) is 24.5. The van der Waals surface area contributed by atoms with Gasteiger partial charge in [0.25, 0.3) is 0 Å². The molecule has 0 aliphatic rings. The standard InChI is InChI=1S/C33H48BrNO/c1-4-6-8-10-12-16-22-35(23-17-13-11-9-7-5-2)26(3)33(36)28-21-20-27-25-32(34)30-19-15-14-18-29(30)31(27)24-28/h14-15,18-21,24-26,33,36H,4-13,16-17,22-23H2,1-3H3/t26-,33-/m0/s1. The molecule has 0 aliphatic carbocycles. The smallest absolute Gasteiger partial charge is 0.0942 e. The summed E-state index contributed by atoms with van der Waals surface area (Å²) in [4.78, 5) is 2.56. The zero-order valence-electron chi connectivity index (χ0n) is 22.9. The molecular formula is C33H48BrNO. The Bertz CT molecular complexity index is 1030. The summed E-state index contributed by atoms with van der Waals surface area (Å²) in [5.74, 6) is 0. The number of benzene rings is 3. The third-order valence-electron chi connectivity index (χ3n) is 7.81. The van der Waals surface area contributed by atoms with Gasteiger partial charge in [0.2, 0.25) is 0 Å². The van der Waals surface area contributed by atoms with Crippen molar-refractivity contribution in [3.8, 4) is 0 Å². The number of unbranched alkanes of at least 4 members (excludes halogenated alkanes) is 10. The molecule has 2 atom stereocenters. The van der Waals surface area contributed by atoms with Crippen LogP contribution in [0.3, 0.4) is 0 Å². The molecule has 3 aromatic rings. The molecule has 0 fully saturated rings. The van der Waals surface area contributed by atoms with E-state index in [1.807, 2.05) is 0 Å². The van der Waals surface area contributed by atoms with Crippen LogP contribution in [0.25, 0.3) is 21.5 Å². The predicted molar refractivity (Wildman–Crippen MR) is 162 cm³/mol. The Morgan fingerprint density at radius 3 is 1.86 bits per heavy atom. The maximum Gasteiger partial charge on any atom is 0.0942 e. The van der Waals surface area contributed by atoms with E-state index in [1.165, 1.54) is 98.6 Å². The highest BCUT2D eigenvalue weighted by atomic mass is 79.9. The molecule has 198 valence electrons. The second kappa shape index (κ2) is 15.7. The van der Waals surface area contributed by atoms with Crippen LogP contribution in [-0.2, 0) is 0 Å². The van der Waals surface area contributed by atoms with Crippen molar-refractivity contribution >= 4 is 37.5 Å². The predicted octanol–water partition coefficient (Wildman–Crippen LogP) is 10.2. The zero-order chi connectivity index (χ0) is 25.8. The third-order valence-corrected chi connectivity index (χ3v) is 8.46. The largest absolute Gasteiger partial charge is 0.387 e. The number of nitrogens with zero attached hydrogens (tertiary/aromatic N) is 1. The van der Waals surface area contributed by atoms with E-state index >= 15 is 0 Å². The number of rotatable bonds is 17. The first kappa shape index (κ1) is 29.1. The number of aliphatic hydroxyl groups excluding tert-OH is 1. The summed E-state index contributed by atoms with van der Waals surface area (Å²) >= 11 is 3.74. The summed E-state index contributed by atoms with van der Waals surface area (Å²) < 4.78 is 1.12. The molecule has 2 nitrogen and oxygen atoms in total. The molecule has 36 heavy (non-hydrogen) atoms. The van der Waals surface area contributed by atoms with Gasteiger partial charge in [0.05, 0.1) is 6.10 Å². The minimum atomic E-state index is -0.489. The van der Waals surface area contributed by atoms with Crippen molar-refractivity contribution < 1.29 is 5.11 Å². The van der Waals surface area contributed by atoms with Gasteiger partial charge in [-0.2, -0.15) is 0 Å². The van der Waals surface area contributed by atoms with Gasteiger partial charge in [-0.3, -0.25) is 4.90 Å². The third kappa shape index (κ3) is 8.30. The molecule has 3 rings (SSSR count). The van der Waals surface area contributed by atoms with Gasteiger partial charge in [-0.05, 0) is 72.1 Å². The lowest BCUT2D eigenvalue weighted by atomic mass is 9.95. The van der Waals surface area contributed by atoms with Crippen molar-refractivity contribution in [2.24, 2.45) is 0 Å². The van der Waals surface area contributed by atoms with Gasteiger partial charge in [-0.1, -0.05) is 130 Å². The number of halogens is 1. The Hall–Kier alpha value is -1.42. The van der Waals surface area contributed by atoms with Crippen molar-refractivity contribution in [3.63, 3.8) is 0 Å². The topological polar surface area (TPSA) is 23.5 Å². The van der Waals surface area contributed by atoms with Crippen LogP contribution in [0.15, 0.2) is 53.0 Å². The molecule has 0 aliphatic heterocycles. The van der Waals surface area contributed by atoms with Gasteiger partial charge in [0, 0.05) is 10.5 Å². The lowest BCUT2D eigenvalue weighted by molar-refractivity contribution is 0.0555. The van der Waals surface area contributed by atoms with E-state index in [4.69, 9.17) is 0 Å². The Kier molecular flexibility index (Phi) is 12.7. The molecular weight excluding hydrogens is 506 g/mol. The van der Waals surface area contributed by atoms with Crippen LogP contribution in [-0.4, -0.2) is 29.1 Å². The van der Waals surface area contributed by atoms with Crippen LogP contribution in [0, 0.1) is 0 Å².